The van der Waals surface area contributed by atoms with E-state index in [0.29, 0.717) is 16.9 Å². The Morgan fingerprint density at radius 2 is 1.90 bits per heavy atom. The van der Waals surface area contributed by atoms with E-state index in [9.17, 15) is 13.2 Å². The lowest BCUT2D eigenvalue weighted by Crippen LogP contribution is -2.05. The number of benzene rings is 1. The summed E-state index contributed by atoms with van der Waals surface area (Å²) in [6.45, 7) is 1.84. The molecule has 0 aliphatic heterocycles. The topological polar surface area (TPSA) is 30.2 Å². The van der Waals surface area contributed by atoms with Crippen molar-refractivity contribution in [3.8, 4) is 11.3 Å². The highest BCUT2D eigenvalue weighted by molar-refractivity contribution is 5.61. The Morgan fingerprint density at radius 1 is 1.10 bits per heavy atom. The molecule has 1 aromatic carbocycles. The smallest absolute Gasteiger partial charge is 0.235 e. The van der Waals surface area contributed by atoms with Crippen LogP contribution in [0.4, 0.5) is 13.2 Å². The van der Waals surface area contributed by atoms with Gasteiger partial charge in [-0.2, -0.15) is 18.3 Å². The van der Waals surface area contributed by atoms with Gasteiger partial charge in [0, 0.05) is 5.56 Å². The molecule has 2 aromatic heterocycles. The molecule has 3 rings (SSSR count). The highest BCUT2D eigenvalue weighted by Gasteiger charge is 2.30. The van der Waals surface area contributed by atoms with E-state index in [1.54, 1.807) is 28.9 Å². The summed E-state index contributed by atoms with van der Waals surface area (Å²) >= 11 is 0. The molecule has 102 valence electrons. The zero-order valence-electron chi connectivity index (χ0n) is 10.5. The van der Waals surface area contributed by atoms with Crippen LogP contribution in [-0.2, 0) is 6.18 Å². The first kappa shape index (κ1) is 12.7. The van der Waals surface area contributed by atoms with E-state index < -0.39 is 11.7 Å². The van der Waals surface area contributed by atoms with E-state index in [4.69, 9.17) is 0 Å². The number of aryl methyl sites for hydroxylation is 1. The van der Waals surface area contributed by atoms with Gasteiger partial charge in [0.05, 0.1) is 23.1 Å². The SMILES string of the molecule is Cc1cnc2ccc(-c3cccc(C(F)(F)F)c3)nn12. The molecule has 3 nitrogen and oxygen atoms in total. The largest absolute Gasteiger partial charge is 0.416 e. The van der Waals surface area contributed by atoms with Crippen LogP contribution < -0.4 is 0 Å². The van der Waals surface area contributed by atoms with Crippen LogP contribution in [0.15, 0.2) is 42.6 Å². The third-order valence-corrected chi connectivity index (χ3v) is 3.02. The Balaban J connectivity index is 2.13. The summed E-state index contributed by atoms with van der Waals surface area (Å²) in [6.07, 6.45) is -2.69. The summed E-state index contributed by atoms with van der Waals surface area (Å²) in [4.78, 5) is 4.13. The molecule has 2 heterocycles. The molecule has 0 atom stereocenters. The Kier molecular flexibility index (Phi) is 2.74. The molecule has 0 unspecified atom stereocenters. The minimum absolute atomic E-state index is 0.426. The van der Waals surface area contributed by atoms with Crippen LogP contribution in [-0.4, -0.2) is 14.6 Å². The number of halogens is 3. The maximum atomic E-state index is 12.7. The predicted molar refractivity (Wildman–Crippen MR) is 68.2 cm³/mol. The average Bonchev–Trinajstić information content (AvgIpc) is 2.79. The molecule has 0 amide bonds. The average molecular weight is 277 g/mol. The molecular weight excluding hydrogens is 267 g/mol. The Hall–Kier alpha value is -2.37. The van der Waals surface area contributed by atoms with E-state index >= 15 is 0 Å². The fourth-order valence-electron chi connectivity index (χ4n) is 2.00. The maximum Gasteiger partial charge on any atom is 0.416 e. The number of nitrogens with zero attached hydrogens (tertiary/aromatic N) is 3. The van der Waals surface area contributed by atoms with Crippen molar-refractivity contribution in [1.82, 2.24) is 14.6 Å². The van der Waals surface area contributed by atoms with Gasteiger partial charge >= 0.3 is 6.18 Å². The third-order valence-electron chi connectivity index (χ3n) is 3.02. The molecule has 0 bridgehead atoms. The fraction of sp³-hybridized carbons (Fsp3) is 0.143. The van der Waals surface area contributed by atoms with Crippen LogP contribution in [0.3, 0.4) is 0 Å². The first-order valence-corrected chi connectivity index (χ1v) is 5.94. The minimum Gasteiger partial charge on any atom is -0.235 e. The molecule has 0 N–H and O–H groups in total. The second-order valence-corrected chi connectivity index (χ2v) is 4.47. The van der Waals surface area contributed by atoms with Crippen LogP contribution in [0, 0.1) is 6.92 Å². The van der Waals surface area contributed by atoms with E-state index in [0.717, 1.165) is 17.8 Å². The third kappa shape index (κ3) is 2.13. The predicted octanol–water partition coefficient (Wildman–Crippen LogP) is 3.72. The second kappa shape index (κ2) is 4.33. The summed E-state index contributed by atoms with van der Waals surface area (Å²) in [5.41, 5.74) is 1.71. The first-order chi connectivity index (χ1) is 9.45. The van der Waals surface area contributed by atoms with Crippen LogP contribution in [0.1, 0.15) is 11.3 Å². The van der Waals surface area contributed by atoms with Crippen molar-refractivity contribution in [2.75, 3.05) is 0 Å². The zero-order chi connectivity index (χ0) is 14.3. The van der Waals surface area contributed by atoms with Crippen molar-refractivity contribution in [3.05, 3.63) is 53.9 Å². The first-order valence-electron chi connectivity index (χ1n) is 5.94. The van der Waals surface area contributed by atoms with Crippen molar-refractivity contribution in [1.29, 1.82) is 0 Å². The van der Waals surface area contributed by atoms with E-state index in [1.807, 2.05) is 6.92 Å². The van der Waals surface area contributed by atoms with Crippen molar-refractivity contribution < 1.29 is 13.2 Å². The Morgan fingerprint density at radius 3 is 2.65 bits per heavy atom. The number of hydrogen-bond donors (Lipinski definition) is 0. The molecule has 6 heteroatoms. The van der Waals surface area contributed by atoms with Crippen LogP contribution in [0.2, 0.25) is 0 Å². The number of rotatable bonds is 1. The quantitative estimate of drug-likeness (QED) is 0.678. The Labute approximate surface area is 112 Å². The number of fused-ring (bicyclic) bond motifs is 1. The van der Waals surface area contributed by atoms with Gasteiger partial charge in [-0.25, -0.2) is 9.50 Å². The van der Waals surface area contributed by atoms with E-state index in [-0.39, 0.29) is 0 Å². The summed E-state index contributed by atoms with van der Waals surface area (Å²) in [6, 6.07) is 8.53. The van der Waals surface area contributed by atoms with Crippen molar-refractivity contribution >= 4 is 5.65 Å². The molecule has 0 aliphatic rings. The van der Waals surface area contributed by atoms with Gasteiger partial charge in [-0.05, 0) is 31.2 Å². The number of hydrogen-bond acceptors (Lipinski definition) is 2. The number of imidazole rings is 1. The molecule has 0 saturated carbocycles. The number of alkyl halides is 3. The summed E-state index contributed by atoms with van der Waals surface area (Å²) < 4.78 is 39.8. The van der Waals surface area contributed by atoms with Crippen LogP contribution >= 0.6 is 0 Å². The van der Waals surface area contributed by atoms with Gasteiger partial charge in [0.15, 0.2) is 5.65 Å². The molecule has 0 radical (unpaired) electrons. The lowest BCUT2D eigenvalue weighted by atomic mass is 10.1. The molecule has 0 fully saturated rings. The van der Waals surface area contributed by atoms with Crippen molar-refractivity contribution in [3.63, 3.8) is 0 Å². The molecule has 0 aliphatic carbocycles. The highest BCUT2D eigenvalue weighted by atomic mass is 19.4. The van der Waals surface area contributed by atoms with Crippen molar-refractivity contribution in [2.45, 2.75) is 13.1 Å². The highest BCUT2D eigenvalue weighted by Crippen LogP contribution is 2.31. The lowest BCUT2D eigenvalue weighted by molar-refractivity contribution is -0.137. The molecule has 20 heavy (non-hydrogen) atoms. The van der Waals surface area contributed by atoms with Gasteiger partial charge in [0.2, 0.25) is 0 Å². The van der Waals surface area contributed by atoms with Crippen LogP contribution in [0.25, 0.3) is 16.9 Å². The lowest BCUT2D eigenvalue weighted by Gasteiger charge is -2.08. The van der Waals surface area contributed by atoms with Crippen molar-refractivity contribution in [2.24, 2.45) is 0 Å². The molecular formula is C14H10F3N3. The summed E-state index contributed by atoms with van der Waals surface area (Å²) in [7, 11) is 0. The fourth-order valence-corrected chi connectivity index (χ4v) is 2.00. The molecule has 0 spiro atoms. The summed E-state index contributed by atoms with van der Waals surface area (Å²) in [5, 5.41) is 4.31. The van der Waals surface area contributed by atoms with Gasteiger partial charge in [-0.1, -0.05) is 12.1 Å². The number of aromatic nitrogens is 3. The second-order valence-electron chi connectivity index (χ2n) is 4.47. The van der Waals surface area contributed by atoms with Gasteiger partial charge in [0.25, 0.3) is 0 Å². The Bertz CT molecular complexity index is 775. The van der Waals surface area contributed by atoms with E-state index in [2.05, 4.69) is 10.1 Å². The van der Waals surface area contributed by atoms with Gasteiger partial charge in [0.1, 0.15) is 0 Å². The standard InChI is InChI=1S/C14H10F3N3/c1-9-8-18-13-6-5-12(19-20(9)13)10-3-2-4-11(7-10)14(15,16)17/h2-8H,1H3. The van der Waals surface area contributed by atoms with Gasteiger partial charge in [-0.3, -0.25) is 0 Å². The minimum atomic E-state index is -4.36. The van der Waals surface area contributed by atoms with Gasteiger partial charge < -0.3 is 0 Å². The maximum absolute atomic E-state index is 12.7. The molecule has 3 aromatic rings. The van der Waals surface area contributed by atoms with Crippen LogP contribution in [0.5, 0.6) is 0 Å². The monoisotopic (exact) mass is 277 g/mol. The molecule has 0 saturated heterocycles. The normalized spacial score (nSPS) is 12.0. The van der Waals surface area contributed by atoms with Gasteiger partial charge in [-0.15, -0.1) is 0 Å². The zero-order valence-corrected chi connectivity index (χ0v) is 10.5. The van der Waals surface area contributed by atoms with E-state index in [1.165, 1.54) is 6.07 Å². The summed E-state index contributed by atoms with van der Waals surface area (Å²) in [5.74, 6) is 0.